The molecule has 0 aliphatic heterocycles. The summed E-state index contributed by atoms with van der Waals surface area (Å²) in [7, 11) is 0. The topological polar surface area (TPSA) is 31.2 Å². The Morgan fingerprint density at radius 3 is 2.67 bits per heavy atom. The maximum Gasteiger partial charge on any atom is 0.264 e. The summed E-state index contributed by atoms with van der Waals surface area (Å²) in [5.41, 5.74) is 1.61. The van der Waals surface area contributed by atoms with Crippen molar-refractivity contribution >= 4 is 22.6 Å². The molecule has 6 heteroatoms. The summed E-state index contributed by atoms with van der Waals surface area (Å²) in [6.07, 6.45) is -2.60. The third-order valence-electron chi connectivity index (χ3n) is 3.41. The van der Waals surface area contributed by atoms with Crippen LogP contribution < -0.4 is 10.3 Å². The first-order chi connectivity index (χ1) is 11.4. The van der Waals surface area contributed by atoms with Gasteiger partial charge in [-0.05, 0) is 72.3 Å². The van der Waals surface area contributed by atoms with Gasteiger partial charge in [0.25, 0.3) is 12.0 Å². The van der Waals surface area contributed by atoms with Crippen LogP contribution in [0.1, 0.15) is 12.5 Å². The van der Waals surface area contributed by atoms with Gasteiger partial charge in [0.15, 0.2) is 0 Å². The van der Waals surface area contributed by atoms with E-state index in [1.54, 1.807) is 31.2 Å². The van der Waals surface area contributed by atoms with Gasteiger partial charge in [0, 0.05) is 5.56 Å². The lowest BCUT2D eigenvalue weighted by Gasteiger charge is -2.15. The maximum absolute atomic E-state index is 12.9. The number of pyridine rings is 1. The number of ether oxygens (including phenoxy) is 1. The molecule has 126 valence electrons. The minimum atomic E-state index is -2.60. The Bertz CT molecular complexity index is 850. The molecule has 2 rings (SSSR count). The van der Waals surface area contributed by atoms with Crippen molar-refractivity contribution in [3.05, 3.63) is 49.8 Å². The van der Waals surface area contributed by atoms with Crippen molar-refractivity contribution in [2.75, 3.05) is 6.61 Å². The van der Waals surface area contributed by atoms with Crippen LogP contribution >= 0.6 is 22.6 Å². The van der Waals surface area contributed by atoms with Crippen LogP contribution in [-0.2, 0) is 6.54 Å². The Hall–Kier alpha value is -1.88. The summed E-state index contributed by atoms with van der Waals surface area (Å²) in [5.74, 6) is 6.19. The fraction of sp³-hybridized carbons (Fsp3) is 0.278. The molecule has 0 fully saturated rings. The Kier molecular flexibility index (Phi) is 6.37. The standard InChI is InChI=1S/C18H16F2INO2/c1-3-4-9-24-13-5-6-14(12(2)10-13)16-8-7-15(21)18(23)22(16)11-17(19)20/h5-8,10,17H,9,11H2,1-2H3. The van der Waals surface area contributed by atoms with Crippen LogP contribution in [0.2, 0.25) is 0 Å². The molecule has 2 aromatic rings. The summed E-state index contributed by atoms with van der Waals surface area (Å²) >= 11 is 1.85. The van der Waals surface area contributed by atoms with Gasteiger partial charge < -0.3 is 9.30 Å². The third kappa shape index (κ3) is 4.35. The van der Waals surface area contributed by atoms with Crippen LogP contribution in [-0.4, -0.2) is 17.6 Å². The van der Waals surface area contributed by atoms with Crippen LogP contribution in [0.25, 0.3) is 11.3 Å². The summed E-state index contributed by atoms with van der Waals surface area (Å²) in [5, 5.41) is 0. The third-order valence-corrected chi connectivity index (χ3v) is 4.23. The van der Waals surface area contributed by atoms with Crippen molar-refractivity contribution in [1.82, 2.24) is 4.57 Å². The van der Waals surface area contributed by atoms with Gasteiger partial charge in [0.1, 0.15) is 12.4 Å². The normalized spacial score (nSPS) is 10.4. The largest absolute Gasteiger partial charge is 0.481 e. The SMILES string of the molecule is CC#CCOc1ccc(-c2ccc(I)c(=O)n2CC(F)F)c(C)c1. The molecule has 0 radical (unpaired) electrons. The van der Waals surface area contributed by atoms with Crippen LogP contribution in [0.4, 0.5) is 8.78 Å². The monoisotopic (exact) mass is 443 g/mol. The molecular weight excluding hydrogens is 427 g/mol. The molecule has 1 aromatic carbocycles. The van der Waals surface area contributed by atoms with Gasteiger partial charge in [-0.1, -0.05) is 5.92 Å². The highest BCUT2D eigenvalue weighted by Crippen LogP contribution is 2.27. The number of hydrogen-bond acceptors (Lipinski definition) is 2. The van der Waals surface area contributed by atoms with E-state index >= 15 is 0 Å². The highest BCUT2D eigenvalue weighted by molar-refractivity contribution is 14.1. The van der Waals surface area contributed by atoms with Crippen molar-refractivity contribution in [3.63, 3.8) is 0 Å². The molecule has 1 aromatic heterocycles. The lowest BCUT2D eigenvalue weighted by molar-refractivity contribution is 0.125. The minimum Gasteiger partial charge on any atom is -0.481 e. The Balaban J connectivity index is 2.46. The molecule has 3 nitrogen and oxygen atoms in total. The van der Waals surface area contributed by atoms with Crippen molar-refractivity contribution in [2.24, 2.45) is 0 Å². The molecule has 0 atom stereocenters. The highest BCUT2D eigenvalue weighted by atomic mass is 127. The van der Waals surface area contributed by atoms with E-state index in [0.717, 1.165) is 15.7 Å². The molecule has 1 heterocycles. The van der Waals surface area contributed by atoms with Crippen molar-refractivity contribution in [2.45, 2.75) is 26.8 Å². The summed E-state index contributed by atoms with van der Waals surface area (Å²) in [6, 6.07) is 8.65. The van der Waals surface area contributed by atoms with Gasteiger partial charge >= 0.3 is 0 Å². The Morgan fingerprint density at radius 1 is 1.29 bits per heavy atom. The van der Waals surface area contributed by atoms with E-state index in [4.69, 9.17) is 4.74 Å². The molecule has 0 aliphatic carbocycles. The maximum atomic E-state index is 12.9. The van der Waals surface area contributed by atoms with Crippen LogP contribution in [0, 0.1) is 22.3 Å². The number of nitrogens with zero attached hydrogens (tertiary/aromatic N) is 1. The minimum absolute atomic E-state index is 0.287. The van der Waals surface area contributed by atoms with Crippen molar-refractivity contribution in [1.29, 1.82) is 0 Å². The number of benzene rings is 1. The van der Waals surface area contributed by atoms with Crippen molar-refractivity contribution < 1.29 is 13.5 Å². The number of aryl methyl sites for hydroxylation is 1. The second-order valence-electron chi connectivity index (χ2n) is 5.07. The lowest BCUT2D eigenvalue weighted by Crippen LogP contribution is -2.26. The quantitative estimate of drug-likeness (QED) is 0.515. The molecule has 0 amide bonds. The first kappa shape index (κ1) is 18.5. The molecule has 0 unspecified atom stereocenters. The fourth-order valence-corrected chi connectivity index (χ4v) is 2.78. The fourth-order valence-electron chi connectivity index (χ4n) is 2.31. The average Bonchev–Trinajstić information content (AvgIpc) is 2.53. The molecule has 0 aliphatic rings. The van der Waals surface area contributed by atoms with E-state index in [1.165, 1.54) is 0 Å². The smallest absolute Gasteiger partial charge is 0.264 e. The first-order valence-electron chi connectivity index (χ1n) is 7.25. The van der Waals surface area contributed by atoms with E-state index in [-0.39, 0.29) is 6.61 Å². The number of alkyl halides is 2. The molecular formula is C18H16F2INO2. The summed E-state index contributed by atoms with van der Waals surface area (Å²) in [4.78, 5) is 12.2. The summed E-state index contributed by atoms with van der Waals surface area (Å²) in [6.45, 7) is 3.24. The number of hydrogen-bond donors (Lipinski definition) is 0. The molecule has 0 spiro atoms. The van der Waals surface area contributed by atoms with Crippen LogP contribution in [0.15, 0.2) is 35.1 Å². The number of rotatable bonds is 5. The van der Waals surface area contributed by atoms with Crippen LogP contribution in [0.3, 0.4) is 0 Å². The summed E-state index contributed by atoms with van der Waals surface area (Å²) < 4.78 is 32.8. The van der Waals surface area contributed by atoms with E-state index in [2.05, 4.69) is 11.8 Å². The van der Waals surface area contributed by atoms with Gasteiger partial charge in [-0.15, -0.1) is 5.92 Å². The number of halogens is 3. The lowest BCUT2D eigenvalue weighted by atomic mass is 10.0. The zero-order chi connectivity index (χ0) is 17.7. The number of aromatic nitrogens is 1. The second kappa shape index (κ2) is 8.29. The average molecular weight is 443 g/mol. The van der Waals surface area contributed by atoms with Gasteiger partial charge in [0.05, 0.1) is 15.8 Å². The predicted octanol–water partition coefficient (Wildman–Crippen LogP) is 4.10. The Labute approximate surface area is 152 Å². The van der Waals surface area contributed by atoms with Gasteiger partial charge in [0.2, 0.25) is 0 Å². The molecule has 0 bridgehead atoms. The Morgan fingerprint density at radius 2 is 2.04 bits per heavy atom. The van der Waals surface area contributed by atoms with E-state index in [0.29, 0.717) is 15.0 Å². The van der Waals surface area contributed by atoms with Crippen LogP contribution in [0.5, 0.6) is 5.75 Å². The molecule has 0 saturated heterocycles. The van der Waals surface area contributed by atoms with Crippen molar-refractivity contribution in [3.8, 4) is 28.8 Å². The molecule has 24 heavy (non-hydrogen) atoms. The first-order valence-corrected chi connectivity index (χ1v) is 8.33. The van der Waals surface area contributed by atoms with Gasteiger partial charge in [-0.25, -0.2) is 8.78 Å². The van der Waals surface area contributed by atoms with Gasteiger partial charge in [-0.2, -0.15) is 0 Å². The molecule has 0 saturated carbocycles. The predicted molar refractivity (Wildman–Crippen MR) is 98.5 cm³/mol. The van der Waals surface area contributed by atoms with E-state index < -0.39 is 18.5 Å². The zero-order valence-electron chi connectivity index (χ0n) is 13.3. The second-order valence-corrected chi connectivity index (χ2v) is 6.23. The van der Waals surface area contributed by atoms with Gasteiger partial charge in [-0.3, -0.25) is 4.79 Å². The highest BCUT2D eigenvalue weighted by Gasteiger charge is 2.15. The van der Waals surface area contributed by atoms with E-state index in [9.17, 15) is 13.6 Å². The zero-order valence-corrected chi connectivity index (χ0v) is 15.4. The van der Waals surface area contributed by atoms with E-state index in [1.807, 2.05) is 35.6 Å². The molecule has 0 N–H and O–H groups in total.